The van der Waals surface area contributed by atoms with Crippen molar-refractivity contribution in [3.63, 3.8) is 0 Å². The van der Waals surface area contributed by atoms with E-state index in [0.717, 1.165) is 37.0 Å². The van der Waals surface area contributed by atoms with Crippen molar-refractivity contribution in [1.82, 2.24) is 0 Å². The first kappa shape index (κ1) is 36.2. The molecule has 236 valence electrons. The summed E-state index contributed by atoms with van der Waals surface area (Å²) in [5, 5.41) is 0. The Kier molecular flexibility index (Phi) is 16.5. The molecule has 1 unspecified atom stereocenters. The predicted molar refractivity (Wildman–Crippen MR) is 177 cm³/mol. The lowest BCUT2D eigenvalue weighted by Gasteiger charge is -2.29. The van der Waals surface area contributed by atoms with Crippen LogP contribution in [0.3, 0.4) is 0 Å². The zero-order valence-corrected chi connectivity index (χ0v) is 26.9. The molecule has 0 aliphatic carbocycles. The molecule has 0 N–H and O–H groups in total. The van der Waals surface area contributed by atoms with E-state index in [2.05, 4.69) is 13.8 Å². The van der Waals surface area contributed by atoms with E-state index in [1.807, 2.05) is 43.3 Å². The molecule has 6 nitrogen and oxygen atoms in total. The molecule has 1 atom stereocenters. The van der Waals surface area contributed by atoms with Gasteiger partial charge in [-0.15, -0.1) is 0 Å². The first-order chi connectivity index (χ1) is 21.3. The van der Waals surface area contributed by atoms with Crippen LogP contribution in [0.4, 0.5) is 0 Å². The molecule has 0 saturated heterocycles. The maximum absolute atomic E-state index is 13.1. The van der Waals surface area contributed by atoms with Gasteiger partial charge in [-0.25, -0.2) is 4.79 Å². The van der Waals surface area contributed by atoms with Crippen molar-refractivity contribution in [3.8, 4) is 5.75 Å². The lowest BCUT2D eigenvalue weighted by molar-refractivity contribution is -0.139. The summed E-state index contributed by atoms with van der Waals surface area (Å²) in [6, 6.07) is 25.3. The van der Waals surface area contributed by atoms with Crippen LogP contribution >= 0.6 is 0 Å². The molecule has 0 saturated carbocycles. The monoisotopic (exact) mass is 600 g/mol. The maximum atomic E-state index is 13.1. The highest BCUT2D eigenvalue weighted by Gasteiger charge is 2.46. The summed E-state index contributed by atoms with van der Waals surface area (Å²) in [7, 11) is 3.07. The Hall–Kier alpha value is -4.03. The standard InChI is InChI=1S/C20H22O3.C18H26O3/c1-3-4-15-20(23-2,18(21)16-11-7-5-8-12-16)19(22)17-13-9-6-10-14-17;1-4-6-7-15(5-2)14-21-18(19)13-10-16-8-11-17(20-3)12-9-16/h5-14H,3-4,15H2,1-2H3;8-13,15H,4-7,14H2,1-3H3. The number of unbranched alkanes of at least 4 members (excludes halogenated alkanes) is 2. The number of carbonyl (C=O) groups excluding carboxylic acids is 3. The molecule has 3 rings (SSSR count). The van der Waals surface area contributed by atoms with Crippen molar-refractivity contribution in [2.24, 2.45) is 5.92 Å². The van der Waals surface area contributed by atoms with Gasteiger partial charge >= 0.3 is 5.97 Å². The van der Waals surface area contributed by atoms with Crippen molar-refractivity contribution in [3.05, 3.63) is 108 Å². The molecule has 0 radical (unpaired) electrons. The van der Waals surface area contributed by atoms with Gasteiger partial charge in [0, 0.05) is 24.3 Å². The molecular weight excluding hydrogens is 552 g/mol. The van der Waals surface area contributed by atoms with Crippen LogP contribution in [0, 0.1) is 5.92 Å². The number of hydrogen-bond donors (Lipinski definition) is 0. The number of carbonyl (C=O) groups is 3. The van der Waals surface area contributed by atoms with E-state index < -0.39 is 5.60 Å². The number of ether oxygens (including phenoxy) is 3. The normalized spacial score (nSPS) is 11.8. The van der Waals surface area contributed by atoms with Crippen molar-refractivity contribution in [2.45, 2.75) is 71.3 Å². The van der Waals surface area contributed by atoms with Gasteiger partial charge in [-0.2, -0.15) is 0 Å². The third-order valence-electron chi connectivity index (χ3n) is 7.57. The smallest absolute Gasteiger partial charge is 0.330 e. The SMILES string of the molecule is CCCCC(CC)COC(=O)C=Cc1ccc(OC)cc1.CCCCC(OC)(C(=O)c1ccccc1)C(=O)c1ccccc1. The summed E-state index contributed by atoms with van der Waals surface area (Å²) in [4.78, 5) is 37.8. The van der Waals surface area contributed by atoms with Crippen LogP contribution in [0.2, 0.25) is 0 Å². The highest BCUT2D eigenvalue weighted by molar-refractivity contribution is 6.22. The fraction of sp³-hybridized carbons (Fsp3) is 0.395. The molecule has 0 heterocycles. The van der Waals surface area contributed by atoms with Gasteiger partial charge in [0.25, 0.3) is 0 Å². The van der Waals surface area contributed by atoms with Crippen LogP contribution < -0.4 is 4.74 Å². The van der Waals surface area contributed by atoms with Crippen molar-refractivity contribution < 1.29 is 28.6 Å². The Bertz CT molecular complexity index is 1230. The predicted octanol–water partition coefficient (Wildman–Crippen LogP) is 8.80. The molecule has 0 aliphatic heterocycles. The molecule has 0 amide bonds. The van der Waals surface area contributed by atoms with Crippen LogP contribution in [0.1, 0.15) is 92.0 Å². The molecule has 44 heavy (non-hydrogen) atoms. The second-order valence-corrected chi connectivity index (χ2v) is 10.7. The summed E-state index contributed by atoms with van der Waals surface area (Å²) in [6.07, 6.45) is 9.79. The van der Waals surface area contributed by atoms with Crippen molar-refractivity contribution in [2.75, 3.05) is 20.8 Å². The number of ketones is 2. The second-order valence-electron chi connectivity index (χ2n) is 10.7. The van der Waals surface area contributed by atoms with Gasteiger partial charge in [-0.05, 0) is 49.0 Å². The minimum Gasteiger partial charge on any atom is -0.497 e. The number of Topliss-reactive ketones (excluding diaryl/α,β-unsaturated/α-hetero) is 2. The topological polar surface area (TPSA) is 78.9 Å². The Morgan fingerprint density at radius 1 is 0.750 bits per heavy atom. The Morgan fingerprint density at radius 2 is 1.30 bits per heavy atom. The van der Waals surface area contributed by atoms with Crippen LogP contribution in [-0.2, 0) is 14.3 Å². The fourth-order valence-corrected chi connectivity index (χ4v) is 4.71. The fourth-order valence-electron chi connectivity index (χ4n) is 4.71. The van der Waals surface area contributed by atoms with Gasteiger partial charge in [0.05, 0.1) is 13.7 Å². The summed E-state index contributed by atoms with van der Waals surface area (Å²) >= 11 is 0. The third-order valence-corrected chi connectivity index (χ3v) is 7.57. The second kappa shape index (κ2) is 20.0. The van der Waals surface area contributed by atoms with Crippen LogP contribution in [0.5, 0.6) is 5.75 Å². The molecule has 0 fully saturated rings. The summed E-state index contributed by atoms with van der Waals surface area (Å²) in [5.74, 6) is 0.450. The highest BCUT2D eigenvalue weighted by atomic mass is 16.5. The summed E-state index contributed by atoms with van der Waals surface area (Å²) in [5.41, 5.74) is 0.480. The van der Waals surface area contributed by atoms with Gasteiger partial charge in [0.1, 0.15) is 5.75 Å². The molecule has 3 aromatic rings. The first-order valence-corrected chi connectivity index (χ1v) is 15.6. The van der Waals surface area contributed by atoms with Crippen LogP contribution in [0.25, 0.3) is 6.08 Å². The number of esters is 1. The van der Waals surface area contributed by atoms with E-state index in [1.54, 1.807) is 61.7 Å². The Morgan fingerprint density at radius 3 is 1.75 bits per heavy atom. The lowest BCUT2D eigenvalue weighted by Crippen LogP contribution is -2.48. The zero-order chi connectivity index (χ0) is 32.2. The minimum atomic E-state index is -1.46. The summed E-state index contributed by atoms with van der Waals surface area (Å²) in [6.45, 7) is 6.86. The molecule has 0 bridgehead atoms. The molecule has 0 aliphatic rings. The van der Waals surface area contributed by atoms with E-state index in [4.69, 9.17) is 14.2 Å². The number of hydrogen-bond acceptors (Lipinski definition) is 6. The zero-order valence-electron chi connectivity index (χ0n) is 26.9. The molecule has 6 heteroatoms. The van der Waals surface area contributed by atoms with Gasteiger partial charge in [0.15, 0.2) is 5.60 Å². The Labute approximate surface area is 263 Å². The minimum absolute atomic E-state index is 0.275. The molecule has 0 spiro atoms. The van der Waals surface area contributed by atoms with Gasteiger partial charge in [-0.3, -0.25) is 9.59 Å². The van der Waals surface area contributed by atoms with E-state index in [0.29, 0.717) is 30.1 Å². The average molecular weight is 601 g/mol. The van der Waals surface area contributed by atoms with Gasteiger partial charge in [-0.1, -0.05) is 119 Å². The molecular formula is C38H48O6. The number of benzene rings is 3. The van der Waals surface area contributed by atoms with Crippen LogP contribution in [0.15, 0.2) is 91.0 Å². The maximum Gasteiger partial charge on any atom is 0.330 e. The summed E-state index contributed by atoms with van der Waals surface area (Å²) < 4.78 is 16.0. The van der Waals surface area contributed by atoms with Gasteiger partial charge < -0.3 is 14.2 Å². The van der Waals surface area contributed by atoms with Crippen molar-refractivity contribution in [1.29, 1.82) is 0 Å². The van der Waals surface area contributed by atoms with Crippen molar-refractivity contribution >= 4 is 23.6 Å². The van der Waals surface area contributed by atoms with E-state index >= 15 is 0 Å². The van der Waals surface area contributed by atoms with Crippen LogP contribution in [-0.4, -0.2) is 44.0 Å². The molecule has 0 aromatic heterocycles. The highest BCUT2D eigenvalue weighted by Crippen LogP contribution is 2.28. The van der Waals surface area contributed by atoms with E-state index in [1.165, 1.54) is 26.0 Å². The third kappa shape index (κ3) is 11.2. The molecule has 3 aromatic carbocycles. The quantitative estimate of drug-likeness (QED) is 0.0667. The first-order valence-electron chi connectivity index (χ1n) is 15.6. The average Bonchev–Trinajstić information content (AvgIpc) is 3.09. The largest absolute Gasteiger partial charge is 0.497 e. The van der Waals surface area contributed by atoms with E-state index in [-0.39, 0.29) is 17.5 Å². The van der Waals surface area contributed by atoms with Gasteiger partial charge in [0.2, 0.25) is 11.6 Å². The number of methoxy groups -OCH3 is 2. The Balaban J connectivity index is 0.000000308. The lowest BCUT2D eigenvalue weighted by atomic mass is 9.81. The van der Waals surface area contributed by atoms with E-state index in [9.17, 15) is 14.4 Å². The number of rotatable bonds is 17.